The number of H-pyrrole nitrogens is 1. The summed E-state index contributed by atoms with van der Waals surface area (Å²) in [5.41, 5.74) is -0.0684. The normalized spacial score (nSPS) is 18.1. The van der Waals surface area contributed by atoms with Crippen molar-refractivity contribution in [3.63, 3.8) is 0 Å². The Hall–Kier alpha value is -1.73. The fourth-order valence-corrected chi connectivity index (χ4v) is 2.28. The van der Waals surface area contributed by atoms with Gasteiger partial charge in [-0.15, -0.1) is 0 Å². The van der Waals surface area contributed by atoms with Crippen molar-refractivity contribution in [3.05, 3.63) is 28.4 Å². The van der Waals surface area contributed by atoms with Crippen molar-refractivity contribution >= 4 is 5.91 Å². The number of methoxy groups -OCH3 is 1. The van der Waals surface area contributed by atoms with Gasteiger partial charge >= 0.3 is 0 Å². The van der Waals surface area contributed by atoms with Crippen LogP contribution >= 0.6 is 0 Å². The van der Waals surface area contributed by atoms with Gasteiger partial charge in [0.25, 0.3) is 11.5 Å². The zero-order chi connectivity index (χ0) is 14.4. The maximum absolute atomic E-state index is 12.4. The van der Waals surface area contributed by atoms with Gasteiger partial charge in [0.2, 0.25) is 0 Å². The second-order valence-corrected chi connectivity index (χ2v) is 4.83. The summed E-state index contributed by atoms with van der Waals surface area (Å²) < 4.78 is 5.05. The van der Waals surface area contributed by atoms with E-state index in [-0.39, 0.29) is 17.2 Å². The van der Waals surface area contributed by atoms with E-state index in [1.54, 1.807) is 12.0 Å². The predicted molar refractivity (Wildman–Crippen MR) is 73.7 cm³/mol. The first-order chi connectivity index (χ1) is 9.70. The summed E-state index contributed by atoms with van der Waals surface area (Å²) in [7, 11) is 1.61. The second-order valence-electron chi connectivity index (χ2n) is 4.83. The van der Waals surface area contributed by atoms with Crippen LogP contribution in [0.5, 0.6) is 0 Å². The molecule has 1 amide bonds. The topological polar surface area (TPSA) is 87.3 Å². The van der Waals surface area contributed by atoms with Gasteiger partial charge in [0, 0.05) is 32.4 Å². The summed E-state index contributed by atoms with van der Waals surface area (Å²) in [5, 5.41) is 3.37. The molecule has 2 heterocycles. The first-order valence-corrected chi connectivity index (χ1v) is 6.77. The molecular weight excluding hydrogens is 260 g/mol. The number of carbonyl (C=O) groups excluding carboxylic acids is 1. The third kappa shape index (κ3) is 3.88. The highest BCUT2D eigenvalue weighted by Crippen LogP contribution is 2.09. The lowest BCUT2D eigenvalue weighted by Crippen LogP contribution is -2.43. The van der Waals surface area contributed by atoms with Gasteiger partial charge in [-0.1, -0.05) is 0 Å². The second kappa shape index (κ2) is 7.16. The molecule has 1 fully saturated rings. The lowest BCUT2D eigenvalue weighted by Gasteiger charge is -2.25. The number of aromatic amines is 1. The number of aromatic nitrogens is 2. The number of ether oxygens (including phenoxy) is 1. The summed E-state index contributed by atoms with van der Waals surface area (Å²) in [6.07, 6.45) is 4.67. The molecule has 1 aliphatic rings. The van der Waals surface area contributed by atoms with Gasteiger partial charge in [-0.3, -0.25) is 9.59 Å². The molecule has 0 bridgehead atoms. The molecule has 1 unspecified atom stereocenters. The molecule has 0 spiro atoms. The Bertz CT molecular complexity index is 476. The van der Waals surface area contributed by atoms with E-state index >= 15 is 0 Å². The standard InChI is InChI=1S/C13H20N4O3/c1-20-6-5-17(9-10-3-2-4-14-10)13(19)11-7-16-12(18)8-15-11/h7-8,10,14H,2-6,9H2,1H3,(H,16,18). The summed E-state index contributed by atoms with van der Waals surface area (Å²) in [6, 6.07) is 0.318. The van der Waals surface area contributed by atoms with Crippen LogP contribution in [0.4, 0.5) is 0 Å². The number of nitrogens with zero attached hydrogens (tertiary/aromatic N) is 2. The van der Waals surface area contributed by atoms with Gasteiger partial charge in [-0.25, -0.2) is 4.98 Å². The zero-order valence-corrected chi connectivity index (χ0v) is 11.6. The first-order valence-electron chi connectivity index (χ1n) is 6.77. The minimum absolute atomic E-state index is 0.188. The molecular formula is C13H20N4O3. The van der Waals surface area contributed by atoms with Crippen LogP contribution in [0, 0.1) is 0 Å². The molecule has 1 aromatic heterocycles. The Morgan fingerprint density at radius 2 is 2.45 bits per heavy atom. The van der Waals surface area contributed by atoms with Crippen LogP contribution in [0.25, 0.3) is 0 Å². The molecule has 0 aliphatic carbocycles. The quantitative estimate of drug-likeness (QED) is 0.741. The molecule has 2 rings (SSSR count). The molecule has 7 nitrogen and oxygen atoms in total. The molecule has 0 saturated carbocycles. The van der Waals surface area contributed by atoms with Crippen LogP contribution in [0.1, 0.15) is 23.3 Å². The van der Waals surface area contributed by atoms with Gasteiger partial charge in [0.1, 0.15) is 5.69 Å². The van der Waals surface area contributed by atoms with E-state index in [2.05, 4.69) is 15.3 Å². The highest BCUT2D eigenvalue weighted by atomic mass is 16.5. The molecule has 2 N–H and O–H groups in total. The SMILES string of the molecule is COCCN(CC1CCCN1)C(=O)c1c[nH]c(=O)cn1. The Labute approximate surface area is 117 Å². The van der Waals surface area contributed by atoms with E-state index in [1.807, 2.05) is 0 Å². The number of hydrogen-bond acceptors (Lipinski definition) is 5. The van der Waals surface area contributed by atoms with Gasteiger partial charge < -0.3 is 19.9 Å². The molecule has 0 aromatic carbocycles. The van der Waals surface area contributed by atoms with Crippen molar-refractivity contribution in [2.75, 3.05) is 33.4 Å². The number of hydrogen-bond donors (Lipinski definition) is 2. The summed E-state index contributed by atoms with van der Waals surface area (Å²) in [4.78, 5) is 31.5. The average molecular weight is 280 g/mol. The van der Waals surface area contributed by atoms with Crippen molar-refractivity contribution in [2.45, 2.75) is 18.9 Å². The molecule has 0 radical (unpaired) electrons. The van der Waals surface area contributed by atoms with Crippen LogP contribution in [-0.2, 0) is 4.74 Å². The summed E-state index contributed by atoms with van der Waals surface area (Å²) in [6.45, 7) is 2.60. The molecule has 1 saturated heterocycles. The third-order valence-corrected chi connectivity index (χ3v) is 3.35. The van der Waals surface area contributed by atoms with Crippen molar-refractivity contribution in [2.24, 2.45) is 0 Å². The van der Waals surface area contributed by atoms with Gasteiger partial charge in [0.15, 0.2) is 0 Å². The van der Waals surface area contributed by atoms with Gasteiger partial charge in [0.05, 0.1) is 12.8 Å². The van der Waals surface area contributed by atoms with Gasteiger partial charge in [-0.05, 0) is 19.4 Å². The Morgan fingerprint density at radius 3 is 3.05 bits per heavy atom. The van der Waals surface area contributed by atoms with E-state index in [0.717, 1.165) is 25.6 Å². The minimum Gasteiger partial charge on any atom is -0.383 e. The Kier molecular flexibility index (Phi) is 5.25. The van der Waals surface area contributed by atoms with Crippen molar-refractivity contribution in [1.29, 1.82) is 0 Å². The van der Waals surface area contributed by atoms with Crippen molar-refractivity contribution < 1.29 is 9.53 Å². The third-order valence-electron chi connectivity index (χ3n) is 3.35. The van der Waals surface area contributed by atoms with Crippen molar-refractivity contribution in [1.82, 2.24) is 20.2 Å². The molecule has 1 aliphatic heterocycles. The minimum atomic E-state index is -0.317. The average Bonchev–Trinajstić information content (AvgIpc) is 2.96. The largest absolute Gasteiger partial charge is 0.383 e. The Balaban J connectivity index is 2.05. The van der Waals surface area contributed by atoms with Crippen LogP contribution < -0.4 is 10.9 Å². The fraction of sp³-hybridized carbons (Fsp3) is 0.615. The number of amides is 1. The highest BCUT2D eigenvalue weighted by molar-refractivity contribution is 5.92. The molecule has 1 atom stereocenters. The number of carbonyl (C=O) groups is 1. The first kappa shape index (κ1) is 14.7. The predicted octanol–water partition coefficient (Wildman–Crippen LogP) is -0.389. The summed E-state index contributed by atoms with van der Waals surface area (Å²) >= 11 is 0. The fourth-order valence-electron chi connectivity index (χ4n) is 2.28. The summed E-state index contributed by atoms with van der Waals surface area (Å²) in [5.74, 6) is -0.188. The van der Waals surface area contributed by atoms with Crippen LogP contribution in [0.3, 0.4) is 0 Å². The molecule has 7 heteroatoms. The van der Waals surface area contributed by atoms with Crippen LogP contribution in [0.2, 0.25) is 0 Å². The van der Waals surface area contributed by atoms with Crippen LogP contribution in [0.15, 0.2) is 17.2 Å². The monoisotopic (exact) mass is 280 g/mol. The van der Waals surface area contributed by atoms with E-state index in [1.165, 1.54) is 6.20 Å². The highest BCUT2D eigenvalue weighted by Gasteiger charge is 2.23. The van der Waals surface area contributed by atoms with E-state index in [4.69, 9.17) is 4.74 Å². The van der Waals surface area contributed by atoms with E-state index in [0.29, 0.717) is 25.7 Å². The number of nitrogens with one attached hydrogen (secondary N) is 2. The zero-order valence-electron chi connectivity index (χ0n) is 11.6. The lowest BCUT2D eigenvalue weighted by atomic mass is 10.2. The van der Waals surface area contributed by atoms with Gasteiger partial charge in [-0.2, -0.15) is 0 Å². The Morgan fingerprint density at radius 1 is 1.60 bits per heavy atom. The lowest BCUT2D eigenvalue weighted by molar-refractivity contribution is 0.0673. The maximum Gasteiger partial charge on any atom is 0.274 e. The van der Waals surface area contributed by atoms with E-state index < -0.39 is 0 Å². The van der Waals surface area contributed by atoms with Crippen LogP contribution in [-0.4, -0.2) is 60.2 Å². The molecule has 110 valence electrons. The van der Waals surface area contributed by atoms with E-state index in [9.17, 15) is 9.59 Å². The maximum atomic E-state index is 12.4. The van der Waals surface area contributed by atoms with Crippen molar-refractivity contribution in [3.8, 4) is 0 Å². The molecule has 1 aromatic rings. The smallest absolute Gasteiger partial charge is 0.274 e. The molecule has 20 heavy (non-hydrogen) atoms. The number of rotatable bonds is 6.